The van der Waals surface area contributed by atoms with E-state index in [1.165, 1.54) is 16.8 Å². The maximum atomic E-state index is 9.81. The Morgan fingerprint density at radius 3 is 2.56 bits per heavy atom. The summed E-state index contributed by atoms with van der Waals surface area (Å²) in [4.78, 5) is 6.81. The molecule has 5 nitrogen and oxygen atoms in total. The summed E-state index contributed by atoms with van der Waals surface area (Å²) >= 11 is 0. The third kappa shape index (κ3) is 2.27. The number of aromatic nitrogens is 2. The number of aromatic hydroxyl groups is 2. The van der Waals surface area contributed by atoms with Crippen LogP contribution in [0.4, 0.5) is 0 Å². The highest BCUT2D eigenvalue weighted by molar-refractivity contribution is 5.87. The molecule has 126 valence electrons. The Labute approximate surface area is 144 Å². The lowest BCUT2D eigenvalue weighted by Gasteiger charge is -2.24. The number of hydrogen-bond acceptors (Lipinski definition) is 3. The van der Waals surface area contributed by atoms with Crippen molar-refractivity contribution >= 4 is 21.8 Å². The molecule has 1 aliphatic heterocycles. The zero-order valence-electron chi connectivity index (χ0n) is 13.6. The molecular formula is C20H19N3O2. The number of rotatable bonds is 2. The minimum absolute atomic E-state index is 0.180. The first-order valence-electron chi connectivity index (χ1n) is 8.55. The monoisotopic (exact) mass is 333 g/mol. The number of hydrogen-bond donors (Lipinski definition) is 5. The fourth-order valence-corrected chi connectivity index (χ4v) is 4.03. The maximum Gasteiger partial charge on any atom is 0.116 e. The maximum absolute atomic E-state index is 9.81. The van der Waals surface area contributed by atoms with Gasteiger partial charge in [0.25, 0.3) is 0 Å². The Morgan fingerprint density at radius 1 is 0.960 bits per heavy atom. The van der Waals surface area contributed by atoms with Crippen molar-refractivity contribution < 1.29 is 10.2 Å². The van der Waals surface area contributed by atoms with Gasteiger partial charge in [-0.15, -0.1) is 0 Å². The van der Waals surface area contributed by atoms with E-state index in [0.29, 0.717) is 5.75 Å². The third-order valence-electron chi connectivity index (χ3n) is 5.21. The number of benzene rings is 2. The number of nitrogens with one attached hydrogen (secondary N) is 3. The molecule has 25 heavy (non-hydrogen) atoms. The van der Waals surface area contributed by atoms with Gasteiger partial charge in [0.2, 0.25) is 0 Å². The smallest absolute Gasteiger partial charge is 0.116 e. The van der Waals surface area contributed by atoms with Gasteiger partial charge in [0.15, 0.2) is 0 Å². The van der Waals surface area contributed by atoms with E-state index in [4.69, 9.17) is 0 Å². The number of aromatic amines is 2. The van der Waals surface area contributed by atoms with Crippen LogP contribution in [0.15, 0.2) is 42.6 Å². The Morgan fingerprint density at radius 2 is 1.72 bits per heavy atom. The molecule has 5 N–H and O–H groups in total. The molecule has 0 aliphatic carbocycles. The normalized spacial score (nSPS) is 17.2. The SMILES string of the molecule is Oc1ccc2[nH]cc(CC3NCCc4c3[nH]c3ccc(O)cc43)c2c1. The largest absolute Gasteiger partial charge is 0.508 e. The summed E-state index contributed by atoms with van der Waals surface area (Å²) in [5, 5.41) is 25.4. The predicted molar refractivity (Wildman–Crippen MR) is 98.1 cm³/mol. The van der Waals surface area contributed by atoms with Gasteiger partial charge in [-0.3, -0.25) is 0 Å². The van der Waals surface area contributed by atoms with Crippen LogP contribution in [0.1, 0.15) is 22.9 Å². The summed E-state index contributed by atoms with van der Waals surface area (Å²) < 4.78 is 0. The molecule has 0 saturated heterocycles. The number of fused-ring (bicyclic) bond motifs is 4. The van der Waals surface area contributed by atoms with Gasteiger partial charge in [-0.25, -0.2) is 0 Å². The molecule has 5 rings (SSSR count). The Bertz CT molecular complexity index is 1090. The molecule has 1 aliphatic rings. The van der Waals surface area contributed by atoms with Crippen molar-refractivity contribution in [2.75, 3.05) is 6.54 Å². The van der Waals surface area contributed by atoms with E-state index in [0.717, 1.165) is 41.2 Å². The van der Waals surface area contributed by atoms with Gasteiger partial charge in [0.05, 0.1) is 6.04 Å². The first kappa shape index (κ1) is 14.4. The van der Waals surface area contributed by atoms with Gasteiger partial charge in [-0.1, -0.05) is 0 Å². The van der Waals surface area contributed by atoms with Crippen LogP contribution in [0.3, 0.4) is 0 Å². The Balaban J connectivity index is 1.58. The summed E-state index contributed by atoms with van der Waals surface area (Å²) in [7, 11) is 0. The van der Waals surface area contributed by atoms with E-state index in [2.05, 4.69) is 15.3 Å². The average Bonchev–Trinajstić information content (AvgIpc) is 3.17. The van der Waals surface area contributed by atoms with E-state index in [1.54, 1.807) is 12.1 Å². The van der Waals surface area contributed by atoms with Gasteiger partial charge in [-0.2, -0.15) is 0 Å². The van der Waals surface area contributed by atoms with Crippen molar-refractivity contribution in [1.29, 1.82) is 0 Å². The fourth-order valence-electron chi connectivity index (χ4n) is 4.03. The third-order valence-corrected chi connectivity index (χ3v) is 5.21. The van der Waals surface area contributed by atoms with Crippen LogP contribution in [-0.2, 0) is 12.8 Å². The van der Waals surface area contributed by atoms with Gasteiger partial charge in [0.1, 0.15) is 11.5 Å². The van der Waals surface area contributed by atoms with Gasteiger partial charge >= 0.3 is 0 Å². The molecule has 0 saturated carbocycles. The van der Waals surface area contributed by atoms with E-state index >= 15 is 0 Å². The molecule has 1 atom stereocenters. The second-order valence-electron chi connectivity index (χ2n) is 6.75. The minimum Gasteiger partial charge on any atom is -0.508 e. The highest BCUT2D eigenvalue weighted by Crippen LogP contribution is 2.34. The van der Waals surface area contributed by atoms with E-state index in [-0.39, 0.29) is 11.8 Å². The van der Waals surface area contributed by atoms with Crippen LogP contribution in [0, 0.1) is 0 Å². The molecule has 1 unspecified atom stereocenters. The number of phenolic OH excluding ortho intramolecular Hbond substituents is 2. The first-order chi connectivity index (χ1) is 12.2. The molecule has 4 aromatic rings. The van der Waals surface area contributed by atoms with E-state index < -0.39 is 0 Å². The van der Waals surface area contributed by atoms with Crippen molar-refractivity contribution in [3.05, 3.63) is 59.4 Å². The van der Waals surface area contributed by atoms with Crippen molar-refractivity contribution in [2.24, 2.45) is 0 Å². The fraction of sp³-hybridized carbons (Fsp3) is 0.200. The number of H-pyrrole nitrogens is 2. The summed E-state index contributed by atoms with van der Waals surface area (Å²) in [5.41, 5.74) is 5.76. The van der Waals surface area contributed by atoms with Crippen LogP contribution < -0.4 is 5.32 Å². The lowest BCUT2D eigenvalue weighted by molar-refractivity contribution is 0.475. The summed E-state index contributed by atoms with van der Waals surface area (Å²) in [6.45, 7) is 0.911. The van der Waals surface area contributed by atoms with Gasteiger partial charge in [0, 0.05) is 33.7 Å². The van der Waals surface area contributed by atoms with Crippen LogP contribution in [-0.4, -0.2) is 26.7 Å². The first-order valence-corrected chi connectivity index (χ1v) is 8.55. The Hall–Kier alpha value is -2.92. The van der Waals surface area contributed by atoms with Gasteiger partial charge in [-0.05, 0) is 66.9 Å². The van der Waals surface area contributed by atoms with Crippen LogP contribution in [0.25, 0.3) is 21.8 Å². The van der Waals surface area contributed by atoms with E-state index in [1.807, 2.05) is 30.5 Å². The molecule has 0 radical (unpaired) electrons. The topological polar surface area (TPSA) is 84.1 Å². The molecule has 0 amide bonds. The standard InChI is InChI=1S/C20H19N3O2/c24-12-1-3-17-15(8-12)11(10-22-17)7-19-20-14(5-6-21-19)16-9-13(25)2-4-18(16)23-20/h1-4,8-10,19,21-25H,5-7H2. The lowest BCUT2D eigenvalue weighted by Crippen LogP contribution is -2.31. The van der Waals surface area contributed by atoms with E-state index in [9.17, 15) is 10.2 Å². The quantitative estimate of drug-likeness (QED) is 0.389. The number of phenols is 2. The zero-order valence-corrected chi connectivity index (χ0v) is 13.6. The van der Waals surface area contributed by atoms with Crippen molar-refractivity contribution in [1.82, 2.24) is 15.3 Å². The summed E-state index contributed by atoms with van der Waals surface area (Å²) in [5.74, 6) is 0.586. The molecule has 2 aromatic carbocycles. The van der Waals surface area contributed by atoms with Crippen molar-refractivity contribution in [3.63, 3.8) is 0 Å². The molecular weight excluding hydrogens is 314 g/mol. The molecule has 0 fully saturated rings. The average molecular weight is 333 g/mol. The second kappa shape index (κ2) is 5.29. The van der Waals surface area contributed by atoms with Crippen LogP contribution in [0.5, 0.6) is 11.5 Å². The zero-order chi connectivity index (χ0) is 17.0. The van der Waals surface area contributed by atoms with Crippen LogP contribution in [0.2, 0.25) is 0 Å². The van der Waals surface area contributed by atoms with Crippen LogP contribution >= 0.6 is 0 Å². The molecule has 3 heterocycles. The van der Waals surface area contributed by atoms with Crippen molar-refractivity contribution in [2.45, 2.75) is 18.9 Å². The minimum atomic E-state index is 0.180. The predicted octanol–water partition coefficient (Wildman–Crippen LogP) is 3.49. The molecule has 5 heteroatoms. The van der Waals surface area contributed by atoms with Crippen molar-refractivity contribution in [3.8, 4) is 11.5 Å². The molecule has 2 aromatic heterocycles. The Kier molecular flexibility index (Phi) is 3.05. The highest BCUT2D eigenvalue weighted by Gasteiger charge is 2.25. The highest BCUT2D eigenvalue weighted by atomic mass is 16.3. The lowest BCUT2D eigenvalue weighted by atomic mass is 9.94. The molecule has 0 bridgehead atoms. The summed E-state index contributed by atoms with van der Waals surface area (Å²) in [6, 6.07) is 11.1. The second-order valence-corrected chi connectivity index (χ2v) is 6.75. The van der Waals surface area contributed by atoms with Gasteiger partial charge < -0.3 is 25.5 Å². The summed E-state index contributed by atoms with van der Waals surface area (Å²) in [6.07, 6.45) is 3.80. The molecule has 0 spiro atoms.